The molecule has 3 rings (SSSR count). The van der Waals surface area contributed by atoms with Crippen molar-refractivity contribution in [3.8, 4) is 0 Å². The number of rotatable bonds is 4. The highest BCUT2D eigenvalue weighted by Crippen LogP contribution is 2.23. The zero-order chi connectivity index (χ0) is 17.6. The molecule has 2 aromatic rings. The van der Waals surface area contributed by atoms with E-state index >= 15 is 0 Å². The third-order valence-corrected chi connectivity index (χ3v) is 4.19. The highest BCUT2D eigenvalue weighted by Gasteiger charge is 2.25. The van der Waals surface area contributed by atoms with Gasteiger partial charge in [0.2, 0.25) is 11.8 Å². The van der Waals surface area contributed by atoms with Crippen molar-refractivity contribution in [2.75, 3.05) is 28.6 Å². The molecule has 130 valence electrons. The number of amides is 2. The maximum absolute atomic E-state index is 12.5. The lowest BCUT2D eigenvalue weighted by Crippen LogP contribution is -2.38. The van der Waals surface area contributed by atoms with Crippen LogP contribution in [0.2, 0.25) is 0 Å². The Balaban J connectivity index is 1.55. The van der Waals surface area contributed by atoms with Crippen molar-refractivity contribution in [2.24, 2.45) is 5.92 Å². The van der Waals surface area contributed by atoms with Crippen LogP contribution in [0.1, 0.15) is 19.8 Å². The summed E-state index contributed by atoms with van der Waals surface area (Å²) in [5.74, 6) is 0.695. The molecule has 2 heterocycles. The SMILES string of the molecule is CC(=O)Nc1cccc(NC(=O)C2CCN(c3cnccn3)CC2)c1. The highest BCUT2D eigenvalue weighted by molar-refractivity contribution is 5.94. The summed E-state index contributed by atoms with van der Waals surface area (Å²) in [4.78, 5) is 34.2. The summed E-state index contributed by atoms with van der Waals surface area (Å²) in [6.45, 7) is 3.02. The zero-order valence-corrected chi connectivity index (χ0v) is 14.1. The lowest BCUT2D eigenvalue weighted by Gasteiger charge is -2.31. The molecule has 0 radical (unpaired) electrons. The van der Waals surface area contributed by atoms with Crippen molar-refractivity contribution >= 4 is 29.0 Å². The predicted octanol–water partition coefficient (Wildman–Crippen LogP) is 2.29. The summed E-state index contributed by atoms with van der Waals surface area (Å²) in [5.41, 5.74) is 1.36. The highest BCUT2D eigenvalue weighted by atomic mass is 16.2. The summed E-state index contributed by atoms with van der Waals surface area (Å²) < 4.78 is 0. The Morgan fingerprint density at radius 1 is 1.12 bits per heavy atom. The third kappa shape index (κ3) is 4.53. The Morgan fingerprint density at radius 3 is 2.48 bits per heavy atom. The van der Waals surface area contributed by atoms with Crippen molar-refractivity contribution in [2.45, 2.75) is 19.8 Å². The second-order valence-corrected chi connectivity index (χ2v) is 6.08. The molecule has 25 heavy (non-hydrogen) atoms. The minimum atomic E-state index is -0.139. The molecule has 1 aromatic carbocycles. The first kappa shape index (κ1) is 16.9. The van der Waals surface area contributed by atoms with E-state index in [2.05, 4.69) is 25.5 Å². The minimum Gasteiger partial charge on any atom is -0.355 e. The smallest absolute Gasteiger partial charge is 0.227 e. The molecule has 2 amide bonds. The summed E-state index contributed by atoms with van der Waals surface area (Å²) >= 11 is 0. The summed E-state index contributed by atoms with van der Waals surface area (Å²) in [5, 5.41) is 5.66. The fourth-order valence-electron chi connectivity index (χ4n) is 2.95. The fraction of sp³-hybridized carbons (Fsp3) is 0.333. The number of piperidine rings is 1. The van der Waals surface area contributed by atoms with E-state index in [1.54, 1.807) is 36.8 Å². The van der Waals surface area contributed by atoms with Crippen molar-refractivity contribution < 1.29 is 9.59 Å². The van der Waals surface area contributed by atoms with Crippen LogP contribution in [-0.2, 0) is 9.59 Å². The van der Waals surface area contributed by atoms with Gasteiger partial charge in [0.1, 0.15) is 5.82 Å². The number of carbonyl (C=O) groups excluding carboxylic acids is 2. The molecule has 2 N–H and O–H groups in total. The molecule has 1 saturated heterocycles. The second-order valence-electron chi connectivity index (χ2n) is 6.08. The van der Waals surface area contributed by atoms with Crippen molar-refractivity contribution in [3.63, 3.8) is 0 Å². The van der Waals surface area contributed by atoms with Crippen LogP contribution >= 0.6 is 0 Å². The Labute approximate surface area is 146 Å². The van der Waals surface area contributed by atoms with E-state index in [1.807, 2.05) is 6.07 Å². The molecule has 0 bridgehead atoms. The first-order chi connectivity index (χ1) is 12.1. The second kappa shape index (κ2) is 7.74. The third-order valence-electron chi connectivity index (χ3n) is 4.19. The van der Waals surface area contributed by atoms with E-state index in [0.717, 1.165) is 31.7 Å². The number of anilines is 3. The lowest BCUT2D eigenvalue weighted by atomic mass is 9.96. The Bertz CT molecular complexity index is 742. The molecule has 1 fully saturated rings. The normalized spacial score (nSPS) is 14.8. The van der Waals surface area contributed by atoms with Crippen LogP contribution in [0.5, 0.6) is 0 Å². The minimum absolute atomic E-state index is 0.0128. The van der Waals surface area contributed by atoms with Crippen LogP contribution in [0, 0.1) is 5.92 Å². The number of hydrogen-bond donors (Lipinski definition) is 2. The lowest BCUT2D eigenvalue weighted by molar-refractivity contribution is -0.120. The number of nitrogens with one attached hydrogen (secondary N) is 2. The van der Waals surface area contributed by atoms with Gasteiger partial charge < -0.3 is 15.5 Å². The Hall–Kier alpha value is -2.96. The van der Waals surface area contributed by atoms with Crippen molar-refractivity contribution in [3.05, 3.63) is 42.9 Å². The largest absolute Gasteiger partial charge is 0.355 e. The zero-order valence-electron chi connectivity index (χ0n) is 14.1. The van der Waals surface area contributed by atoms with Gasteiger partial charge in [0.05, 0.1) is 6.20 Å². The Kier molecular flexibility index (Phi) is 5.23. The number of aromatic nitrogens is 2. The Morgan fingerprint density at radius 2 is 1.84 bits per heavy atom. The van der Waals surface area contributed by atoms with Gasteiger partial charge in [-0.2, -0.15) is 0 Å². The van der Waals surface area contributed by atoms with Gasteiger partial charge in [-0.1, -0.05) is 6.07 Å². The van der Waals surface area contributed by atoms with Gasteiger partial charge in [-0.05, 0) is 31.0 Å². The van der Waals surface area contributed by atoms with Crippen LogP contribution < -0.4 is 15.5 Å². The average Bonchev–Trinajstić information content (AvgIpc) is 2.62. The summed E-state index contributed by atoms with van der Waals surface area (Å²) in [6, 6.07) is 7.17. The summed E-state index contributed by atoms with van der Waals surface area (Å²) in [6.07, 6.45) is 6.62. The monoisotopic (exact) mass is 339 g/mol. The van der Waals surface area contributed by atoms with E-state index in [4.69, 9.17) is 0 Å². The van der Waals surface area contributed by atoms with Gasteiger partial charge in [-0.25, -0.2) is 4.98 Å². The molecular formula is C18H21N5O2. The fourth-order valence-corrected chi connectivity index (χ4v) is 2.95. The summed E-state index contributed by atoms with van der Waals surface area (Å²) in [7, 11) is 0. The van der Waals surface area contributed by atoms with E-state index in [-0.39, 0.29) is 17.7 Å². The van der Waals surface area contributed by atoms with Gasteiger partial charge in [0, 0.05) is 49.7 Å². The van der Waals surface area contributed by atoms with Gasteiger partial charge in [-0.15, -0.1) is 0 Å². The topological polar surface area (TPSA) is 87.2 Å². The van der Waals surface area contributed by atoms with E-state index in [1.165, 1.54) is 6.92 Å². The van der Waals surface area contributed by atoms with Crippen molar-refractivity contribution in [1.82, 2.24) is 9.97 Å². The molecule has 0 saturated carbocycles. The predicted molar refractivity (Wildman–Crippen MR) is 96.3 cm³/mol. The molecule has 1 aromatic heterocycles. The van der Waals surface area contributed by atoms with Crippen LogP contribution in [0.25, 0.3) is 0 Å². The number of nitrogens with zero attached hydrogens (tertiary/aromatic N) is 3. The maximum atomic E-state index is 12.5. The number of hydrogen-bond acceptors (Lipinski definition) is 5. The molecular weight excluding hydrogens is 318 g/mol. The van der Waals surface area contributed by atoms with Gasteiger partial charge >= 0.3 is 0 Å². The first-order valence-electron chi connectivity index (χ1n) is 8.31. The number of benzene rings is 1. The van der Waals surface area contributed by atoms with Gasteiger partial charge in [0.15, 0.2) is 0 Å². The molecule has 0 unspecified atom stereocenters. The molecule has 7 heteroatoms. The molecule has 7 nitrogen and oxygen atoms in total. The van der Waals surface area contributed by atoms with Crippen LogP contribution in [0.15, 0.2) is 42.9 Å². The maximum Gasteiger partial charge on any atom is 0.227 e. The standard InChI is InChI=1S/C18H21N5O2/c1-13(24)21-15-3-2-4-16(11-15)22-18(25)14-5-9-23(10-6-14)17-12-19-7-8-20-17/h2-4,7-8,11-12,14H,5-6,9-10H2,1H3,(H,21,24)(H,22,25). The number of carbonyl (C=O) groups is 2. The van der Waals surface area contributed by atoms with Crippen LogP contribution in [0.3, 0.4) is 0 Å². The van der Waals surface area contributed by atoms with E-state index in [9.17, 15) is 9.59 Å². The molecule has 1 aliphatic rings. The van der Waals surface area contributed by atoms with Gasteiger partial charge in [0.25, 0.3) is 0 Å². The van der Waals surface area contributed by atoms with E-state index < -0.39 is 0 Å². The molecule has 0 atom stereocenters. The first-order valence-corrected chi connectivity index (χ1v) is 8.31. The van der Waals surface area contributed by atoms with Crippen LogP contribution in [0.4, 0.5) is 17.2 Å². The average molecular weight is 339 g/mol. The van der Waals surface area contributed by atoms with Crippen LogP contribution in [-0.4, -0.2) is 34.9 Å². The molecule has 1 aliphatic heterocycles. The quantitative estimate of drug-likeness (QED) is 0.892. The van der Waals surface area contributed by atoms with Crippen molar-refractivity contribution in [1.29, 1.82) is 0 Å². The van der Waals surface area contributed by atoms with E-state index in [0.29, 0.717) is 11.4 Å². The molecule has 0 aliphatic carbocycles. The van der Waals surface area contributed by atoms with Gasteiger partial charge in [-0.3, -0.25) is 14.6 Å². The molecule has 0 spiro atoms.